The van der Waals surface area contributed by atoms with Gasteiger partial charge in [0.05, 0.1) is 111 Å². The molecule has 32 heteroatoms. The van der Waals surface area contributed by atoms with Crippen molar-refractivity contribution >= 4 is 139 Å². The Morgan fingerprint density at radius 2 is 0.836 bits per heavy atom. The van der Waals surface area contributed by atoms with Crippen molar-refractivity contribution in [3.63, 3.8) is 0 Å². The molecule has 3 aromatic heterocycles. The van der Waals surface area contributed by atoms with Crippen LogP contribution in [0.2, 0.25) is 0 Å². The van der Waals surface area contributed by atoms with Crippen LogP contribution in [0.4, 0.5) is 15.4 Å². The van der Waals surface area contributed by atoms with Crippen molar-refractivity contribution in [1.82, 2.24) is 15.0 Å². The monoisotopic (exact) mass is 2010 g/mol. The third-order valence-corrected chi connectivity index (χ3v) is 25.3. The van der Waals surface area contributed by atoms with Crippen LogP contribution in [-0.2, 0) is 57.8 Å². The smallest absolute Gasteiger partial charge is 0.343 e. The molecule has 3 heterocycles. The van der Waals surface area contributed by atoms with Gasteiger partial charge in [0.2, 0.25) is 10.3 Å². The molecule has 0 saturated heterocycles. The highest BCUT2D eigenvalue weighted by Crippen LogP contribution is 2.42. The topological polar surface area (TPSA) is 365 Å². The number of esters is 6. The molecular weight excluding hydrogens is 1910 g/mol. The lowest BCUT2D eigenvalue weighted by atomic mass is 9.79. The Morgan fingerprint density at radius 3 is 1.34 bits per heavy atom. The first-order valence-corrected chi connectivity index (χ1v) is 49.2. The van der Waals surface area contributed by atoms with E-state index in [-0.39, 0.29) is 47.7 Å². The number of carbonyl (C=O) groups excluding carboxylic acids is 6. The quantitative estimate of drug-likeness (QED) is 0.00403. The van der Waals surface area contributed by atoms with E-state index < -0.39 is 29.8 Å². The lowest BCUT2D eigenvalue weighted by molar-refractivity contribution is -0.138. The number of nitrogens with zero attached hydrogens (tertiary/aromatic N) is 7. The Morgan fingerprint density at radius 1 is 0.411 bits per heavy atom. The van der Waals surface area contributed by atoms with Gasteiger partial charge in [-0.1, -0.05) is 151 Å². The molecule has 736 valence electrons. The second-order valence-electron chi connectivity index (χ2n) is 32.5. The largest absolute Gasteiger partial charge is 0.494 e. The van der Waals surface area contributed by atoms with Crippen LogP contribution in [0.25, 0.3) is 41.1 Å². The summed E-state index contributed by atoms with van der Waals surface area (Å²) in [4.78, 5) is 91.6. The number of aryl methyl sites for hydroxylation is 1. The number of hydrogen-bond donors (Lipinski definition) is 4. The molecule has 0 spiro atoms. The van der Waals surface area contributed by atoms with Gasteiger partial charge in [-0.2, -0.15) is 10.2 Å². The second-order valence-corrected chi connectivity index (χ2v) is 35.6. The van der Waals surface area contributed by atoms with Crippen molar-refractivity contribution in [3.05, 3.63) is 400 Å². The van der Waals surface area contributed by atoms with Gasteiger partial charge in [-0.25, -0.2) is 49.0 Å². The third-order valence-electron chi connectivity index (χ3n) is 22.4. The maximum atomic E-state index is 13.7. The number of benzene rings is 12. The number of nitrogens with one attached hydrogen (secondary N) is 4. The Kier molecular flexibility index (Phi) is 36.9. The first kappa shape index (κ1) is 103. The van der Waals surface area contributed by atoms with Crippen LogP contribution >= 0.6 is 34.0 Å². The molecule has 0 fully saturated rings. The summed E-state index contributed by atoms with van der Waals surface area (Å²) in [7, 11) is 1.66. The van der Waals surface area contributed by atoms with Gasteiger partial charge in [-0.15, -0.1) is 0 Å². The second kappa shape index (κ2) is 52.4. The van der Waals surface area contributed by atoms with Crippen molar-refractivity contribution in [2.24, 2.45) is 10.2 Å². The van der Waals surface area contributed by atoms with Gasteiger partial charge >= 0.3 is 35.8 Å². The number of hydrogen-bond acceptors (Lipinski definition) is 31. The molecule has 0 bridgehead atoms. The Balaban J connectivity index is 0.000000200. The SMILES string of the molecule is C=CC(=O)OCCCCCCOc1ccc(C(=O)Oc2ccc3c(c2)/C(=N/Nc2nc4ccccc4s2)c2ccc(OC(=O)c4ccc(OCCCCCCOC(=O)C=C)cc4)cc2/C3=N/Nc2nc3ccccc3s2)cc1.COCCOCNc1nc2ccccc2s1.[C-]#[N+]/C(C#N)=C1\c2ccc(OC(=O)C=C)cc2C(=N)c2ccc(COc3ccc(CCC(=O)Oc4ccc(OCc5ccccc5)cc4)cc3)cc21. The van der Waals surface area contributed by atoms with Gasteiger partial charge in [0.1, 0.15) is 65.9 Å². The summed E-state index contributed by atoms with van der Waals surface area (Å²) in [5, 5.41) is 33.8. The first-order chi connectivity index (χ1) is 71.4. The molecule has 146 heavy (non-hydrogen) atoms. The minimum atomic E-state index is -0.638. The van der Waals surface area contributed by atoms with Gasteiger partial charge in [0.15, 0.2) is 5.13 Å². The van der Waals surface area contributed by atoms with Gasteiger partial charge in [0.25, 0.3) is 5.70 Å². The zero-order valence-corrected chi connectivity index (χ0v) is 81.9. The molecular formula is C114H99N11O18S3. The molecule has 29 nitrogen and oxygen atoms in total. The summed E-state index contributed by atoms with van der Waals surface area (Å²) >= 11 is 4.53. The van der Waals surface area contributed by atoms with E-state index in [2.05, 4.69) is 51.8 Å². The van der Waals surface area contributed by atoms with E-state index in [9.17, 15) is 34.0 Å². The van der Waals surface area contributed by atoms with Crippen molar-refractivity contribution in [3.8, 4) is 52.1 Å². The summed E-state index contributed by atoms with van der Waals surface area (Å²) in [5.41, 5.74) is 18.4. The highest BCUT2D eigenvalue weighted by atomic mass is 32.1. The molecule has 0 atom stereocenters. The molecule has 17 rings (SSSR count). The number of nitriles is 1. The number of rotatable bonds is 44. The number of unbranched alkanes of at least 4 members (excludes halogenated alkanes) is 6. The lowest BCUT2D eigenvalue weighted by Gasteiger charge is -2.25. The number of para-hydroxylation sites is 3. The fraction of sp³-hybridized carbons (Fsp3) is 0.175. The number of fused-ring (bicyclic) bond motifs is 7. The molecule has 0 aliphatic heterocycles. The Hall–Kier alpha value is -17.4. The number of carbonyl (C=O) groups is 6. The number of aromatic nitrogens is 3. The fourth-order valence-corrected chi connectivity index (χ4v) is 17.6. The maximum absolute atomic E-state index is 13.7. The number of anilines is 3. The minimum Gasteiger partial charge on any atom is -0.494 e. The van der Waals surface area contributed by atoms with Crippen LogP contribution < -0.4 is 54.1 Å². The van der Waals surface area contributed by atoms with Crippen LogP contribution in [0.5, 0.6) is 46.0 Å². The van der Waals surface area contributed by atoms with Gasteiger partial charge < -0.3 is 62.2 Å². The maximum Gasteiger partial charge on any atom is 0.343 e. The summed E-state index contributed by atoms with van der Waals surface area (Å²) in [6, 6.07) is 84.1. The molecule has 0 saturated carbocycles. The predicted octanol–water partition coefficient (Wildman–Crippen LogP) is 23.5. The summed E-state index contributed by atoms with van der Waals surface area (Å²) < 4.78 is 69.8. The van der Waals surface area contributed by atoms with Gasteiger partial charge in [0, 0.05) is 70.7 Å². The predicted molar refractivity (Wildman–Crippen MR) is 564 cm³/mol. The standard InChI is InChI=1S/C60H54N6O10S2.C43H31N3O6.C11H14N2O2S/c1-3-53(67)73-35-15-7-5-13-33-71-41-25-21-39(22-26-41)57(69)75-43-29-31-45-47(37-43)55(63-65-59-61-49-17-9-11-19-51(49)77-59)46-32-30-44(38-48(46)56(45)64-66-60-62-50-18-10-12-20-52(50)78-60)76-58(70)40-23-27-42(28-24-40)72-34-14-6-8-16-36-74-54(68)4-2;1-3-40(47)52-34-19-21-35-38(24-34)43(45)36-20-11-30(23-37(36)42(35)39(25-44)46-2)27-50-31-13-9-28(10-14-31)12-22-41(48)51-33-17-15-32(16-18-33)49-26-29-7-5-4-6-8-29;1-14-6-7-15-8-12-11-13-9-4-2-3-5-10(9)16-11/h3-4,9-12,17-32,37-38H,1-2,5-8,13-16,33-36H2,(H,61,65)(H,62,66);3-11,13-21,23-24,45H,1,12,22,26-27H2;2-5H,6-8H2,1H3,(H,12,13)/b63-55+,64-56+;42-39+,45-43?;. The molecule has 4 N–H and O–H groups in total. The molecule has 2 aliphatic rings. The first-order valence-electron chi connectivity index (χ1n) is 46.7. The molecule has 0 radical (unpaired) electrons. The van der Waals surface area contributed by atoms with Gasteiger partial charge in [-0.3, -0.25) is 21.1 Å². The van der Waals surface area contributed by atoms with E-state index in [0.717, 1.165) is 117 Å². The van der Waals surface area contributed by atoms with Gasteiger partial charge in [-0.05, 0) is 262 Å². The van der Waals surface area contributed by atoms with Crippen LogP contribution in [-0.4, -0.2) is 121 Å². The van der Waals surface area contributed by atoms with E-state index in [1.54, 1.807) is 140 Å². The van der Waals surface area contributed by atoms with E-state index in [0.29, 0.717) is 171 Å². The lowest BCUT2D eigenvalue weighted by Crippen LogP contribution is -2.24. The molecule has 15 aromatic rings. The number of methoxy groups -OCH3 is 1. The van der Waals surface area contributed by atoms with E-state index in [1.165, 1.54) is 27.4 Å². The highest BCUT2D eigenvalue weighted by Gasteiger charge is 2.32. The minimum absolute atomic E-state index is 0.120. The van der Waals surface area contributed by atoms with Crippen molar-refractivity contribution in [1.29, 1.82) is 10.7 Å². The third kappa shape index (κ3) is 28.7. The van der Waals surface area contributed by atoms with E-state index in [4.69, 9.17) is 89.0 Å². The van der Waals surface area contributed by atoms with Crippen LogP contribution in [0.1, 0.15) is 140 Å². The number of ether oxygens (including phenoxy) is 12. The molecule has 0 unspecified atom stereocenters. The molecule has 2 aliphatic carbocycles. The van der Waals surface area contributed by atoms with Crippen LogP contribution in [0.15, 0.2) is 327 Å². The summed E-state index contributed by atoms with van der Waals surface area (Å²) in [5.74, 6) is 0.760. The zero-order chi connectivity index (χ0) is 102. The normalized spacial score (nSPS) is 12.3. The van der Waals surface area contributed by atoms with Crippen molar-refractivity contribution in [2.45, 2.75) is 77.4 Å². The number of thiazole rings is 3. The fourth-order valence-electron chi connectivity index (χ4n) is 15.1. The van der Waals surface area contributed by atoms with E-state index >= 15 is 0 Å². The van der Waals surface area contributed by atoms with E-state index in [1.807, 2.05) is 152 Å². The molecule has 12 aromatic carbocycles. The van der Waals surface area contributed by atoms with Crippen molar-refractivity contribution in [2.75, 3.05) is 69.7 Å². The molecule has 0 amide bonds. The zero-order valence-electron chi connectivity index (χ0n) is 79.5. The highest BCUT2D eigenvalue weighted by molar-refractivity contribution is 7.22. The Labute approximate surface area is 854 Å². The summed E-state index contributed by atoms with van der Waals surface area (Å²) in [6.07, 6.45) is 10.8. The average Bonchev–Trinajstić information content (AvgIpc) is 1.01. The van der Waals surface area contributed by atoms with Crippen LogP contribution in [0, 0.1) is 23.3 Å². The number of allylic oxidation sites excluding steroid dienone is 1. The Bertz CT molecular complexity index is 7070. The summed E-state index contributed by atoms with van der Waals surface area (Å²) in [6.45, 7) is 21.9. The van der Waals surface area contributed by atoms with Crippen LogP contribution in [0.3, 0.4) is 0 Å². The number of hydrazone groups is 2. The average molecular weight is 2010 g/mol. The van der Waals surface area contributed by atoms with Crippen molar-refractivity contribution < 1.29 is 85.6 Å².